The summed E-state index contributed by atoms with van der Waals surface area (Å²) in [6.07, 6.45) is 10.7. The predicted molar refractivity (Wildman–Crippen MR) is 108 cm³/mol. The predicted octanol–water partition coefficient (Wildman–Crippen LogP) is 2.77. The van der Waals surface area contributed by atoms with E-state index < -0.39 is 9.84 Å². The van der Waals surface area contributed by atoms with Gasteiger partial charge in [-0.3, -0.25) is 4.79 Å². The molecule has 2 aliphatic carbocycles. The number of carbonyl (C=O) groups is 1. The van der Waals surface area contributed by atoms with Crippen molar-refractivity contribution < 1.29 is 13.2 Å². The highest BCUT2D eigenvalue weighted by molar-refractivity contribution is 7.91. The van der Waals surface area contributed by atoms with Crippen molar-refractivity contribution in [1.82, 2.24) is 10.6 Å². The topological polar surface area (TPSA) is 75.3 Å². The van der Waals surface area contributed by atoms with E-state index in [-0.39, 0.29) is 18.1 Å². The average Bonchev–Trinajstić information content (AvgIpc) is 2.98. The Labute approximate surface area is 163 Å². The molecule has 2 N–H and O–H groups in total. The van der Waals surface area contributed by atoms with Crippen molar-refractivity contribution in [2.75, 3.05) is 18.8 Å². The molecule has 5 nitrogen and oxygen atoms in total. The zero-order valence-electron chi connectivity index (χ0n) is 16.1. The smallest absolute Gasteiger partial charge is 0.221 e. The number of rotatable bonds is 8. The second-order valence-electron chi connectivity index (χ2n) is 7.85. The van der Waals surface area contributed by atoms with Crippen molar-refractivity contribution in [3.05, 3.63) is 29.3 Å². The second-order valence-corrected chi connectivity index (χ2v) is 9.95. The molecule has 0 saturated heterocycles. The van der Waals surface area contributed by atoms with E-state index in [1.165, 1.54) is 44.1 Å². The first-order valence-corrected chi connectivity index (χ1v) is 12.0. The quantitative estimate of drug-likeness (QED) is 0.527. The van der Waals surface area contributed by atoms with Gasteiger partial charge in [-0.2, -0.15) is 0 Å². The Bertz CT molecular complexity index is 738. The van der Waals surface area contributed by atoms with Crippen molar-refractivity contribution in [3.8, 4) is 0 Å². The summed E-state index contributed by atoms with van der Waals surface area (Å²) >= 11 is 0. The highest BCUT2D eigenvalue weighted by atomic mass is 32.2. The van der Waals surface area contributed by atoms with Gasteiger partial charge in [0.1, 0.15) is 0 Å². The fourth-order valence-electron chi connectivity index (χ4n) is 4.14. The van der Waals surface area contributed by atoms with Gasteiger partial charge in [0, 0.05) is 25.6 Å². The van der Waals surface area contributed by atoms with E-state index in [9.17, 15) is 13.2 Å². The van der Waals surface area contributed by atoms with Crippen LogP contribution in [0.1, 0.15) is 62.5 Å². The van der Waals surface area contributed by atoms with Gasteiger partial charge in [0.25, 0.3) is 0 Å². The Morgan fingerprint density at radius 3 is 2.48 bits per heavy atom. The second kappa shape index (κ2) is 9.69. The summed E-state index contributed by atoms with van der Waals surface area (Å²) in [5.74, 6) is -0.323. The third-order valence-corrected chi connectivity index (χ3v) is 7.48. The van der Waals surface area contributed by atoms with Crippen molar-refractivity contribution in [1.29, 1.82) is 0 Å². The van der Waals surface area contributed by atoms with E-state index in [1.807, 2.05) is 6.07 Å². The van der Waals surface area contributed by atoms with Gasteiger partial charge in [-0.05, 0) is 55.4 Å². The van der Waals surface area contributed by atoms with Crippen molar-refractivity contribution in [2.24, 2.45) is 0 Å². The Balaban J connectivity index is 1.38. The third kappa shape index (κ3) is 6.04. The lowest BCUT2D eigenvalue weighted by Gasteiger charge is -2.16. The van der Waals surface area contributed by atoms with E-state index in [0.717, 1.165) is 31.4 Å². The molecule has 2 aliphatic rings. The summed E-state index contributed by atoms with van der Waals surface area (Å²) in [5.41, 5.74) is 2.40. The molecule has 0 radical (unpaired) electrons. The number of hydrogen-bond donors (Lipinski definition) is 2. The fourth-order valence-corrected chi connectivity index (χ4v) is 5.42. The van der Waals surface area contributed by atoms with E-state index in [1.54, 1.807) is 12.1 Å². The first-order chi connectivity index (χ1) is 13.0. The van der Waals surface area contributed by atoms with Crippen LogP contribution in [0, 0.1) is 0 Å². The van der Waals surface area contributed by atoms with Crippen LogP contribution >= 0.6 is 0 Å². The SMILES string of the molecule is O=C(CCS(=O)(=O)c1ccc2c(c1)CCC2)NCCNC1CCCCCC1. The van der Waals surface area contributed by atoms with E-state index in [4.69, 9.17) is 0 Å². The van der Waals surface area contributed by atoms with Crippen LogP contribution in [0.15, 0.2) is 23.1 Å². The number of fused-ring (bicyclic) bond motifs is 1. The molecule has 6 heteroatoms. The van der Waals surface area contributed by atoms with Gasteiger partial charge in [-0.1, -0.05) is 31.7 Å². The van der Waals surface area contributed by atoms with Crippen molar-refractivity contribution >= 4 is 15.7 Å². The lowest BCUT2D eigenvalue weighted by atomic mass is 10.1. The van der Waals surface area contributed by atoms with Gasteiger partial charge in [0.2, 0.25) is 5.91 Å². The zero-order valence-corrected chi connectivity index (χ0v) is 17.0. The highest BCUT2D eigenvalue weighted by Gasteiger charge is 2.20. The molecule has 0 heterocycles. The first kappa shape index (κ1) is 20.3. The molecule has 1 aromatic rings. The molecule has 1 fully saturated rings. The minimum absolute atomic E-state index is 0.0167. The number of amides is 1. The summed E-state index contributed by atoms with van der Waals surface area (Å²) < 4.78 is 25.0. The van der Waals surface area contributed by atoms with E-state index >= 15 is 0 Å². The minimum Gasteiger partial charge on any atom is -0.355 e. The number of aryl methyl sites for hydroxylation is 2. The van der Waals surface area contributed by atoms with Crippen LogP contribution in [-0.4, -0.2) is 39.2 Å². The van der Waals surface area contributed by atoms with Crippen LogP contribution in [0.2, 0.25) is 0 Å². The number of nitrogens with one attached hydrogen (secondary N) is 2. The molecule has 0 aliphatic heterocycles. The molecule has 1 saturated carbocycles. The van der Waals surface area contributed by atoms with Gasteiger partial charge in [-0.25, -0.2) is 8.42 Å². The molecule has 0 atom stereocenters. The fraction of sp³-hybridized carbons (Fsp3) is 0.667. The van der Waals surface area contributed by atoms with Gasteiger partial charge in [0.15, 0.2) is 9.84 Å². The molecule has 0 spiro atoms. The largest absolute Gasteiger partial charge is 0.355 e. The summed E-state index contributed by atoms with van der Waals surface area (Å²) in [6, 6.07) is 5.97. The molecular weight excluding hydrogens is 360 g/mol. The van der Waals surface area contributed by atoms with Crippen LogP contribution in [-0.2, 0) is 27.5 Å². The number of sulfone groups is 1. The normalized spacial score (nSPS) is 18.1. The van der Waals surface area contributed by atoms with E-state index in [0.29, 0.717) is 17.5 Å². The van der Waals surface area contributed by atoms with Crippen LogP contribution < -0.4 is 10.6 Å². The summed E-state index contributed by atoms with van der Waals surface area (Å²) in [6.45, 7) is 1.29. The van der Waals surface area contributed by atoms with Crippen molar-refractivity contribution in [2.45, 2.75) is 75.1 Å². The first-order valence-electron chi connectivity index (χ1n) is 10.4. The number of carbonyl (C=O) groups excluding carboxylic acids is 1. The molecule has 0 unspecified atom stereocenters. The van der Waals surface area contributed by atoms with Crippen LogP contribution in [0.25, 0.3) is 0 Å². The van der Waals surface area contributed by atoms with E-state index in [2.05, 4.69) is 10.6 Å². The zero-order chi connectivity index (χ0) is 19.1. The average molecular weight is 393 g/mol. The molecule has 27 heavy (non-hydrogen) atoms. The number of hydrogen-bond acceptors (Lipinski definition) is 4. The molecule has 1 amide bonds. The minimum atomic E-state index is -3.41. The van der Waals surface area contributed by atoms with Gasteiger partial charge in [0.05, 0.1) is 10.6 Å². The lowest BCUT2D eigenvalue weighted by molar-refractivity contribution is -0.120. The monoisotopic (exact) mass is 392 g/mol. The highest BCUT2D eigenvalue weighted by Crippen LogP contribution is 2.25. The molecule has 3 rings (SSSR count). The Morgan fingerprint density at radius 2 is 1.70 bits per heavy atom. The molecule has 0 aromatic heterocycles. The Hall–Kier alpha value is -1.40. The van der Waals surface area contributed by atoms with Crippen molar-refractivity contribution in [3.63, 3.8) is 0 Å². The maximum Gasteiger partial charge on any atom is 0.221 e. The lowest BCUT2D eigenvalue weighted by Crippen LogP contribution is -2.37. The standard InChI is InChI=1S/C21H32N2O3S/c24-21(23-14-13-22-19-8-3-1-2-4-9-19)12-15-27(25,26)20-11-10-17-6-5-7-18(17)16-20/h10-11,16,19,22H,1-9,12-15H2,(H,23,24). The summed E-state index contributed by atoms with van der Waals surface area (Å²) in [7, 11) is -3.41. The number of benzene rings is 1. The Kier molecular flexibility index (Phi) is 7.30. The third-order valence-electron chi connectivity index (χ3n) is 5.76. The summed E-state index contributed by atoms with van der Waals surface area (Å²) in [5, 5.41) is 6.34. The maximum atomic E-state index is 12.5. The van der Waals surface area contributed by atoms with Gasteiger partial charge in [-0.15, -0.1) is 0 Å². The van der Waals surface area contributed by atoms with Gasteiger partial charge >= 0.3 is 0 Å². The van der Waals surface area contributed by atoms with Crippen LogP contribution in [0.4, 0.5) is 0 Å². The molecular formula is C21H32N2O3S. The van der Waals surface area contributed by atoms with Gasteiger partial charge < -0.3 is 10.6 Å². The summed E-state index contributed by atoms with van der Waals surface area (Å²) in [4.78, 5) is 12.4. The molecule has 1 aromatic carbocycles. The van der Waals surface area contributed by atoms with Crippen LogP contribution in [0.3, 0.4) is 0 Å². The molecule has 150 valence electrons. The maximum absolute atomic E-state index is 12.5. The Morgan fingerprint density at radius 1 is 0.963 bits per heavy atom. The van der Waals surface area contributed by atoms with Crippen LogP contribution in [0.5, 0.6) is 0 Å². The molecule has 0 bridgehead atoms.